The Morgan fingerprint density at radius 3 is 2.57 bits per heavy atom. The number of carbonyl (C=O) groups excluding carboxylic acids is 1. The fraction of sp³-hybridized carbons (Fsp3) is 0.467. The number of aliphatic carboxylic acids is 1. The lowest BCUT2D eigenvalue weighted by molar-refractivity contribution is -0.137. The van der Waals surface area contributed by atoms with Crippen LogP contribution in [-0.2, 0) is 25.1 Å². The van der Waals surface area contributed by atoms with E-state index in [4.69, 9.17) is 9.63 Å². The third-order valence-electron chi connectivity index (χ3n) is 3.08. The van der Waals surface area contributed by atoms with Crippen molar-refractivity contribution in [2.75, 3.05) is 12.7 Å². The van der Waals surface area contributed by atoms with E-state index in [-0.39, 0.29) is 19.1 Å². The first-order valence-corrected chi connectivity index (χ1v) is 9.10. The average molecular weight is 343 g/mol. The van der Waals surface area contributed by atoms with Crippen LogP contribution in [0.4, 0.5) is 0 Å². The molecule has 1 rings (SSSR count). The Hall–Kier alpha value is -1.69. The number of rotatable bonds is 10. The SMILES string of the molecule is CC(OP(=O)(O)CCCc1ccccc1)C(=O)NCCC(=O)O. The highest BCUT2D eigenvalue weighted by Crippen LogP contribution is 2.44. The van der Waals surface area contributed by atoms with Crippen LogP contribution >= 0.6 is 7.60 Å². The smallest absolute Gasteiger partial charge is 0.328 e. The molecule has 2 unspecified atom stereocenters. The molecule has 0 aliphatic heterocycles. The molecule has 8 heteroatoms. The number of carbonyl (C=O) groups is 2. The van der Waals surface area contributed by atoms with Gasteiger partial charge in [-0.05, 0) is 25.3 Å². The number of amides is 1. The van der Waals surface area contributed by atoms with Gasteiger partial charge in [-0.1, -0.05) is 30.3 Å². The zero-order chi connectivity index (χ0) is 17.3. The van der Waals surface area contributed by atoms with E-state index in [1.165, 1.54) is 6.92 Å². The van der Waals surface area contributed by atoms with Gasteiger partial charge in [-0.15, -0.1) is 0 Å². The summed E-state index contributed by atoms with van der Waals surface area (Å²) in [6.45, 7) is 1.31. The number of aryl methyl sites for hydroxylation is 1. The highest BCUT2D eigenvalue weighted by atomic mass is 31.2. The molecule has 1 aromatic carbocycles. The van der Waals surface area contributed by atoms with Crippen LogP contribution in [0.15, 0.2) is 30.3 Å². The van der Waals surface area contributed by atoms with E-state index >= 15 is 0 Å². The lowest BCUT2D eigenvalue weighted by Gasteiger charge is -2.17. The Labute approximate surface area is 135 Å². The minimum Gasteiger partial charge on any atom is -0.481 e. The Kier molecular flexibility index (Phi) is 7.95. The van der Waals surface area contributed by atoms with Gasteiger partial charge < -0.3 is 15.3 Å². The quantitative estimate of drug-likeness (QED) is 0.558. The molecule has 0 aromatic heterocycles. The number of hydrogen-bond acceptors (Lipinski definition) is 4. The van der Waals surface area contributed by atoms with Crippen LogP contribution in [0.25, 0.3) is 0 Å². The zero-order valence-electron chi connectivity index (χ0n) is 13.0. The standard InChI is InChI=1S/C15H22NO6P/c1-12(15(19)16-10-9-14(17)18)22-23(20,21)11-5-8-13-6-3-2-4-7-13/h2-4,6-7,12H,5,8-11H2,1H3,(H,16,19)(H,17,18)(H,20,21). The topological polar surface area (TPSA) is 113 Å². The highest BCUT2D eigenvalue weighted by Gasteiger charge is 2.26. The predicted molar refractivity (Wildman–Crippen MR) is 85.3 cm³/mol. The summed E-state index contributed by atoms with van der Waals surface area (Å²) in [5, 5.41) is 10.8. The molecule has 0 bridgehead atoms. The molecular formula is C15H22NO6P. The van der Waals surface area contributed by atoms with E-state index in [1.807, 2.05) is 30.3 Å². The van der Waals surface area contributed by atoms with E-state index in [0.29, 0.717) is 12.8 Å². The summed E-state index contributed by atoms with van der Waals surface area (Å²) in [5.41, 5.74) is 1.06. The summed E-state index contributed by atoms with van der Waals surface area (Å²) in [6.07, 6.45) is -0.267. The van der Waals surface area contributed by atoms with Crippen LogP contribution in [0.1, 0.15) is 25.3 Å². The molecule has 0 aliphatic carbocycles. The van der Waals surface area contributed by atoms with Crippen molar-refractivity contribution in [3.05, 3.63) is 35.9 Å². The minimum absolute atomic E-state index is 0.0470. The van der Waals surface area contributed by atoms with Crippen molar-refractivity contribution < 1.29 is 28.7 Å². The molecule has 0 saturated carbocycles. The molecule has 1 amide bonds. The lowest BCUT2D eigenvalue weighted by atomic mass is 10.1. The van der Waals surface area contributed by atoms with Gasteiger partial charge in [0.15, 0.2) is 0 Å². The fourth-order valence-corrected chi connectivity index (χ4v) is 3.16. The van der Waals surface area contributed by atoms with E-state index in [9.17, 15) is 19.0 Å². The van der Waals surface area contributed by atoms with Crippen molar-refractivity contribution in [1.29, 1.82) is 0 Å². The van der Waals surface area contributed by atoms with Crippen LogP contribution in [-0.4, -0.2) is 40.7 Å². The van der Waals surface area contributed by atoms with Crippen molar-refractivity contribution in [2.24, 2.45) is 0 Å². The molecule has 0 radical (unpaired) electrons. The molecule has 1 aromatic rings. The molecule has 7 nitrogen and oxygen atoms in total. The van der Waals surface area contributed by atoms with Gasteiger partial charge in [0.2, 0.25) is 5.91 Å². The van der Waals surface area contributed by atoms with Crippen LogP contribution < -0.4 is 5.32 Å². The van der Waals surface area contributed by atoms with Gasteiger partial charge in [0, 0.05) is 6.54 Å². The number of nitrogens with one attached hydrogen (secondary N) is 1. The first-order chi connectivity index (χ1) is 10.8. The first-order valence-electron chi connectivity index (χ1n) is 7.34. The molecular weight excluding hydrogens is 321 g/mol. The van der Waals surface area contributed by atoms with Gasteiger partial charge in [-0.3, -0.25) is 18.7 Å². The van der Waals surface area contributed by atoms with Crippen LogP contribution in [0, 0.1) is 0 Å². The Bertz CT molecular complexity index is 562. The van der Waals surface area contributed by atoms with Crippen molar-refractivity contribution in [1.82, 2.24) is 5.32 Å². The second-order valence-corrected chi connectivity index (χ2v) is 7.07. The van der Waals surface area contributed by atoms with Gasteiger partial charge in [0.25, 0.3) is 0 Å². The van der Waals surface area contributed by atoms with E-state index in [2.05, 4.69) is 5.32 Å². The fourth-order valence-electron chi connectivity index (χ4n) is 1.91. The summed E-state index contributed by atoms with van der Waals surface area (Å²) in [4.78, 5) is 31.8. The molecule has 0 saturated heterocycles. The Balaban J connectivity index is 2.33. The summed E-state index contributed by atoms with van der Waals surface area (Å²) in [6, 6.07) is 9.55. The summed E-state index contributed by atoms with van der Waals surface area (Å²) in [5.74, 6) is -1.64. The molecule has 0 heterocycles. The number of benzene rings is 1. The molecule has 0 spiro atoms. The maximum atomic E-state index is 12.0. The van der Waals surface area contributed by atoms with Crippen molar-refractivity contribution in [3.8, 4) is 0 Å². The third-order valence-corrected chi connectivity index (χ3v) is 4.61. The van der Waals surface area contributed by atoms with Gasteiger partial charge >= 0.3 is 13.6 Å². The monoisotopic (exact) mass is 343 g/mol. The maximum Gasteiger partial charge on any atom is 0.328 e. The largest absolute Gasteiger partial charge is 0.481 e. The van der Waals surface area contributed by atoms with Crippen molar-refractivity contribution >= 4 is 19.5 Å². The summed E-state index contributed by atoms with van der Waals surface area (Å²) in [7, 11) is -3.87. The normalized spacial score (nSPS) is 14.7. The lowest BCUT2D eigenvalue weighted by Crippen LogP contribution is -2.35. The van der Waals surface area contributed by atoms with Crippen molar-refractivity contribution in [2.45, 2.75) is 32.3 Å². The van der Waals surface area contributed by atoms with E-state index in [0.717, 1.165) is 5.56 Å². The highest BCUT2D eigenvalue weighted by molar-refractivity contribution is 7.52. The molecule has 0 aliphatic rings. The first kappa shape index (κ1) is 19.4. The summed E-state index contributed by atoms with van der Waals surface area (Å²) < 4.78 is 16.9. The molecule has 0 fully saturated rings. The van der Waals surface area contributed by atoms with Gasteiger partial charge in [-0.25, -0.2) is 0 Å². The van der Waals surface area contributed by atoms with Gasteiger partial charge in [0.1, 0.15) is 6.10 Å². The van der Waals surface area contributed by atoms with E-state index in [1.54, 1.807) is 0 Å². The second kappa shape index (κ2) is 9.45. The third kappa shape index (κ3) is 8.50. The molecule has 2 atom stereocenters. The van der Waals surface area contributed by atoms with Crippen LogP contribution in [0.3, 0.4) is 0 Å². The van der Waals surface area contributed by atoms with Gasteiger partial charge in [-0.2, -0.15) is 0 Å². The summed E-state index contributed by atoms with van der Waals surface area (Å²) >= 11 is 0. The number of carboxylic acid groups (broad SMARTS) is 1. The Morgan fingerprint density at radius 1 is 1.30 bits per heavy atom. The zero-order valence-corrected chi connectivity index (χ0v) is 13.9. The van der Waals surface area contributed by atoms with Crippen molar-refractivity contribution in [3.63, 3.8) is 0 Å². The van der Waals surface area contributed by atoms with E-state index < -0.39 is 25.6 Å². The Morgan fingerprint density at radius 2 is 1.96 bits per heavy atom. The molecule has 3 N–H and O–H groups in total. The maximum absolute atomic E-state index is 12.0. The van der Waals surface area contributed by atoms with Crippen LogP contribution in [0.5, 0.6) is 0 Å². The average Bonchev–Trinajstić information content (AvgIpc) is 2.47. The molecule has 23 heavy (non-hydrogen) atoms. The van der Waals surface area contributed by atoms with Gasteiger partial charge in [0.05, 0.1) is 12.6 Å². The minimum atomic E-state index is -3.87. The number of hydrogen-bond donors (Lipinski definition) is 3. The van der Waals surface area contributed by atoms with Crippen LogP contribution in [0.2, 0.25) is 0 Å². The molecule has 128 valence electrons. The number of carboxylic acids is 1. The predicted octanol–water partition coefficient (Wildman–Crippen LogP) is 1.80. The second-order valence-electron chi connectivity index (χ2n) is 5.13.